The number of hydrogen-bond donors (Lipinski definition) is 1. The zero-order valence-corrected chi connectivity index (χ0v) is 15.4. The second-order valence-corrected chi connectivity index (χ2v) is 7.37. The van der Waals surface area contributed by atoms with E-state index in [1.54, 1.807) is 4.90 Å². The molecular weight excluding hydrogens is 387 g/mol. The monoisotopic (exact) mass is 403 g/mol. The molecule has 2 aromatic carbocycles. The number of carbonyl (C=O) groups is 1. The Balaban J connectivity index is 1.57. The Morgan fingerprint density at radius 1 is 1.11 bits per heavy atom. The van der Waals surface area contributed by atoms with Crippen molar-refractivity contribution in [2.24, 2.45) is 0 Å². The highest BCUT2D eigenvalue weighted by Gasteiger charge is 2.34. The van der Waals surface area contributed by atoms with Gasteiger partial charge in [-0.05, 0) is 16.7 Å². The van der Waals surface area contributed by atoms with E-state index in [4.69, 9.17) is 0 Å². The predicted molar refractivity (Wildman–Crippen MR) is 101 cm³/mol. The Kier molecular flexibility index (Phi) is 4.80. The van der Waals surface area contributed by atoms with Crippen LogP contribution in [0.2, 0.25) is 0 Å². The van der Waals surface area contributed by atoms with Crippen LogP contribution in [0.3, 0.4) is 0 Å². The number of fused-ring (bicyclic) bond motifs is 1. The number of anilines is 1. The second kappa shape index (κ2) is 7.27. The lowest BCUT2D eigenvalue weighted by molar-refractivity contribution is -0.140. The first-order valence-corrected chi connectivity index (χ1v) is 9.51. The zero-order chi connectivity index (χ0) is 19.7. The standard InChI is InChI=1S/C20H16F3N3OS/c21-20(22,23)17-12-28-18(24-17)25-19(27)26-10-14-8-4-5-9-15(14)16(11-26)13-6-2-1-3-7-13/h1-9,12,16H,10-11H2,(H,24,25,27). The maximum Gasteiger partial charge on any atom is 0.434 e. The van der Waals surface area contributed by atoms with E-state index in [2.05, 4.69) is 16.4 Å². The topological polar surface area (TPSA) is 45.2 Å². The van der Waals surface area contributed by atoms with Gasteiger partial charge in [0.2, 0.25) is 0 Å². The SMILES string of the molecule is O=C(Nc1nc(C(F)(F)F)cs1)N1Cc2ccccc2C(c2ccccc2)C1. The average molecular weight is 403 g/mol. The molecule has 1 atom stereocenters. The Morgan fingerprint density at radius 2 is 1.82 bits per heavy atom. The molecule has 0 fully saturated rings. The lowest BCUT2D eigenvalue weighted by Gasteiger charge is -2.34. The van der Waals surface area contributed by atoms with Crippen LogP contribution in [0.5, 0.6) is 0 Å². The summed E-state index contributed by atoms with van der Waals surface area (Å²) in [6.45, 7) is 0.827. The molecule has 1 aromatic heterocycles. The highest BCUT2D eigenvalue weighted by molar-refractivity contribution is 7.13. The molecule has 1 unspecified atom stereocenters. The van der Waals surface area contributed by atoms with Crippen molar-refractivity contribution in [2.75, 3.05) is 11.9 Å². The minimum absolute atomic E-state index is 0.000990. The molecule has 0 bridgehead atoms. The number of carbonyl (C=O) groups excluding carboxylic acids is 1. The number of aromatic nitrogens is 1. The Labute approximate surface area is 163 Å². The van der Waals surface area contributed by atoms with Gasteiger partial charge in [0.1, 0.15) is 0 Å². The van der Waals surface area contributed by atoms with Gasteiger partial charge in [0.15, 0.2) is 10.8 Å². The van der Waals surface area contributed by atoms with Crippen molar-refractivity contribution in [3.05, 3.63) is 82.4 Å². The quantitative estimate of drug-likeness (QED) is 0.628. The molecule has 0 spiro atoms. The predicted octanol–water partition coefficient (Wildman–Crippen LogP) is 5.34. The van der Waals surface area contributed by atoms with Gasteiger partial charge < -0.3 is 4.90 Å². The highest BCUT2D eigenvalue weighted by atomic mass is 32.1. The molecule has 1 aliphatic rings. The molecule has 144 valence electrons. The summed E-state index contributed by atoms with van der Waals surface area (Å²) in [6.07, 6.45) is -4.53. The molecule has 3 aromatic rings. The van der Waals surface area contributed by atoms with Crippen LogP contribution in [0.15, 0.2) is 60.0 Å². The number of urea groups is 1. The third-order valence-corrected chi connectivity index (χ3v) is 5.45. The number of amides is 2. The van der Waals surface area contributed by atoms with E-state index in [9.17, 15) is 18.0 Å². The summed E-state index contributed by atoms with van der Waals surface area (Å²) < 4.78 is 38.2. The number of benzene rings is 2. The van der Waals surface area contributed by atoms with Crippen LogP contribution in [0, 0.1) is 0 Å². The molecule has 1 N–H and O–H groups in total. The number of halogens is 3. The molecule has 28 heavy (non-hydrogen) atoms. The molecular formula is C20H16F3N3OS. The van der Waals surface area contributed by atoms with Crippen LogP contribution in [0.1, 0.15) is 28.3 Å². The van der Waals surface area contributed by atoms with E-state index in [-0.39, 0.29) is 11.0 Å². The first-order valence-electron chi connectivity index (χ1n) is 8.63. The molecule has 8 heteroatoms. The molecule has 2 heterocycles. The Bertz CT molecular complexity index is 988. The molecule has 0 saturated carbocycles. The smallest absolute Gasteiger partial charge is 0.319 e. The van der Waals surface area contributed by atoms with Crippen LogP contribution in [-0.4, -0.2) is 22.5 Å². The summed E-state index contributed by atoms with van der Waals surface area (Å²) in [5.74, 6) is -0.000990. The van der Waals surface area contributed by atoms with Gasteiger partial charge in [-0.2, -0.15) is 13.2 Å². The van der Waals surface area contributed by atoms with E-state index in [0.29, 0.717) is 13.1 Å². The fourth-order valence-corrected chi connectivity index (χ4v) is 4.07. The first kappa shape index (κ1) is 18.5. The van der Waals surface area contributed by atoms with Crippen molar-refractivity contribution in [2.45, 2.75) is 18.6 Å². The van der Waals surface area contributed by atoms with Crippen molar-refractivity contribution >= 4 is 22.5 Å². The van der Waals surface area contributed by atoms with Crippen molar-refractivity contribution in [1.29, 1.82) is 0 Å². The maximum absolute atomic E-state index is 12.7. The minimum Gasteiger partial charge on any atom is -0.319 e. The van der Waals surface area contributed by atoms with Crippen LogP contribution in [0.4, 0.5) is 23.1 Å². The van der Waals surface area contributed by atoms with Gasteiger partial charge >= 0.3 is 12.2 Å². The van der Waals surface area contributed by atoms with Crippen molar-refractivity contribution in [3.8, 4) is 0 Å². The number of thiazole rings is 1. The first-order chi connectivity index (χ1) is 13.4. The second-order valence-electron chi connectivity index (χ2n) is 6.51. The van der Waals surface area contributed by atoms with Crippen molar-refractivity contribution in [3.63, 3.8) is 0 Å². The molecule has 0 aliphatic carbocycles. The lowest BCUT2D eigenvalue weighted by atomic mass is 9.85. The largest absolute Gasteiger partial charge is 0.434 e. The number of alkyl halides is 3. The third-order valence-electron chi connectivity index (χ3n) is 4.69. The summed E-state index contributed by atoms with van der Waals surface area (Å²) >= 11 is 0.762. The Hall–Kier alpha value is -2.87. The van der Waals surface area contributed by atoms with Gasteiger partial charge in [-0.15, -0.1) is 11.3 Å². The number of nitrogens with zero attached hydrogens (tertiary/aromatic N) is 2. The van der Waals surface area contributed by atoms with E-state index in [1.165, 1.54) is 0 Å². The zero-order valence-electron chi connectivity index (χ0n) is 14.6. The molecule has 0 saturated heterocycles. The van der Waals surface area contributed by atoms with Crippen LogP contribution < -0.4 is 5.32 Å². The normalized spacial score (nSPS) is 16.5. The van der Waals surface area contributed by atoms with Gasteiger partial charge in [-0.1, -0.05) is 54.6 Å². The lowest BCUT2D eigenvalue weighted by Crippen LogP contribution is -2.41. The molecule has 0 radical (unpaired) electrons. The fourth-order valence-electron chi connectivity index (χ4n) is 3.36. The van der Waals surface area contributed by atoms with E-state index in [1.807, 2.05) is 48.5 Å². The molecule has 2 amide bonds. The number of nitrogens with one attached hydrogen (secondary N) is 1. The summed E-state index contributed by atoms with van der Waals surface area (Å²) in [7, 11) is 0. The summed E-state index contributed by atoms with van der Waals surface area (Å²) in [4.78, 5) is 17.8. The summed E-state index contributed by atoms with van der Waals surface area (Å²) in [5.41, 5.74) is 2.26. The molecule has 4 rings (SSSR count). The van der Waals surface area contributed by atoms with E-state index >= 15 is 0 Å². The number of rotatable bonds is 2. The van der Waals surface area contributed by atoms with Gasteiger partial charge in [0.05, 0.1) is 0 Å². The minimum atomic E-state index is -4.53. The van der Waals surface area contributed by atoms with E-state index < -0.39 is 17.9 Å². The van der Waals surface area contributed by atoms with Crippen LogP contribution in [-0.2, 0) is 12.7 Å². The van der Waals surface area contributed by atoms with Gasteiger partial charge in [-0.25, -0.2) is 9.78 Å². The van der Waals surface area contributed by atoms with Crippen LogP contribution >= 0.6 is 11.3 Å². The third kappa shape index (κ3) is 3.73. The maximum atomic E-state index is 12.7. The summed E-state index contributed by atoms with van der Waals surface area (Å²) in [5, 5.41) is 3.34. The van der Waals surface area contributed by atoms with Gasteiger partial charge in [-0.3, -0.25) is 5.32 Å². The highest BCUT2D eigenvalue weighted by Crippen LogP contribution is 2.34. The molecule has 1 aliphatic heterocycles. The van der Waals surface area contributed by atoms with Crippen molar-refractivity contribution in [1.82, 2.24) is 9.88 Å². The number of hydrogen-bond acceptors (Lipinski definition) is 3. The van der Waals surface area contributed by atoms with Gasteiger partial charge in [0.25, 0.3) is 0 Å². The van der Waals surface area contributed by atoms with Crippen molar-refractivity contribution < 1.29 is 18.0 Å². The van der Waals surface area contributed by atoms with Crippen LogP contribution in [0.25, 0.3) is 0 Å². The fraction of sp³-hybridized carbons (Fsp3) is 0.200. The molecule has 4 nitrogen and oxygen atoms in total. The van der Waals surface area contributed by atoms with E-state index in [0.717, 1.165) is 33.4 Å². The summed E-state index contributed by atoms with van der Waals surface area (Å²) in [6, 6.07) is 17.3. The Morgan fingerprint density at radius 3 is 2.54 bits per heavy atom. The average Bonchev–Trinajstić information content (AvgIpc) is 3.17. The van der Waals surface area contributed by atoms with Gasteiger partial charge in [0, 0.05) is 24.4 Å².